The molecule has 6 heteroatoms. The van der Waals surface area contributed by atoms with Crippen molar-refractivity contribution in [2.24, 2.45) is 17.8 Å². The molecule has 1 saturated heterocycles. The average molecular weight is 269 g/mol. The van der Waals surface area contributed by atoms with Crippen LogP contribution in [0.4, 0.5) is 4.79 Å². The third-order valence-corrected chi connectivity index (χ3v) is 3.49. The Morgan fingerprint density at radius 3 is 2.26 bits per heavy atom. The number of carbonyl (C=O) groups excluding carboxylic acids is 3. The van der Waals surface area contributed by atoms with Crippen molar-refractivity contribution in [2.75, 3.05) is 19.6 Å². The van der Waals surface area contributed by atoms with Gasteiger partial charge in [-0.05, 0) is 17.8 Å². The van der Waals surface area contributed by atoms with Crippen LogP contribution in [-0.4, -0.2) is 42.4 Å². The van der Waals surface area contributed by atoms with Gasteiger partial charge < -0.3 is 10.6 Å². The van der Waals surface area contributed by atoms with Crippen LogP contribution in [0, 0.1) is 17.8 Å². The zero-order valence-corrected chi connectivity index (χ0v) is 12.0. The Morgan fingerprint density at radius 2 is 1.84 bits per heavy atom. The minimum Gasteiger partial charge on any atom is -0.354 e. The molecule has 0 spiro atoms. The molecule has 2 N–H and O–H groups in total. The van der Waals surface area contributed by atoms with Gasteiger partial charge in [-0.25, -0.2) is 4.79 Å². The number of amides is 4. The van der Waals surface area contributed by atoms with Crippen molar-refractivity contribution in [2.45, 2.75) is 27.7 Å². The van der Waals surface area contributed by atoms with Crippen molar-refractivity contribution < 1.29 is 14.4 Å². The van der Waals surface area contributed by atoms with Crippen LogP contribution < -0.4 is 10.6 Å². The molecule has 0 aromatic rings. The van der Waals surface area contributed by atoms with Crippen molar-refractivity contribution >= 4 is 17.8 Å². The molecule has 0 radical (unpaired) electrons. The van der Waals surface area contributed by atoms with Gasteiger partial charge in [-0.3, -0.25) is 14.5 Å². The molecule has 1 aliphatic heterocycles. The molecule has 6 nitrogen and oxygen atoms in total. The second-order valence-corrected chi connectivity index (χ2v) is 5.59. The van der Waals surface area contributed by atoms with Gasteiger partial charge in [-0.15, -0.1) is 0 Å². The summed E-state index contributed by atoms with van der Waals surface area (Å²) in [5.74, 6) is 0.669. The monoisotopic (exact) mass is 269 g/mol. The standard InChI is InChI=1S/C13H23N3O3/c1-8(2)10(9(3)4)5-14-11(17)7-16-12(18)6-15-13(16)19/h8-10H,5-7H2,1-4H3,(H,14,17)(H,15,19). The molecular weight excluding hydrogens is 246 g/mol. The summed E-state index contributed by atoms with van der Waals surface area (Å²) in [7, 11) is 0. The number of carbonyl (C=O) groups is 3. The number of rotatable bonds is 6. The fraction of sp³-hybridized carbons (Fsp3) is 0.769. The molecule has 4 amide bonds. The Labute approximate surface area is 113 Å². The summed E-state index contributed by atoms with van der Waals surface area (Å²) in [6.45, 7) is 8.82. The maximum absolute atomic E-state index is 11.8. The predicted molar refractivity (Wildman–Crippen MR) is 71.3 cm³/mol. The Bertz CT molecular complexity index is 342. The fourth-order valence-electron chi connectivity index (χ4n) is 2.29. The topological polar surface area (TPSA) is 78.5 Å². The lowest BCUT2D eigenvalue weighted by Crippen LogP contribution is -2.43. The highest BCUT2D eigenvalue weighted by atomic mass is 16.2. The minimum absolute atomic E-state index is 0.0211. The Kier molecular flexibility index (Phi) is 5.32. The molecule has 0 atom stereocenters. The molecule has 108 valence electrons. The summed E-state index contributed by atoms with van der Waals surface area (Å²) >= 11 is 0. The summed E-state index contributed by atoms with van der Waals surface area (Å²) in [6.07, 6.45) is 0. The second-order valence-electron chi connectivity index (χ2n) is 5.59. The lowest BCUT2D eigenvalue weighted by molar-refractivity contribution is -0.130. The van der Waals surface area contributed by atoms with E-state index in [2.05, 4.69) is 38.3 Å². The van der Waals surface area contributed by atoms with Gasteiger partial charge in [-0.2, -0.15) is 0 Å². The van der Waals surface area contributed by atoms with Crippen LogP contribution >= 0.6 is 0 Å². The Hall–Kier alpha value is -1.59. The number of imide groups is 1. The number of nitrogens with zero attached hydrogens (tertiary/aromatic N) is 1. The zero-order valence-electron chi connectivity index (χ0n) is 12.0. The molecule has 0 unspecified atom stereocenters. The molecule has 0 aromatic heterocycles. The van der Waals surface area contributed by atoms with E-state index in [1.807, 2.05) is 0 Å². The van der Waals surface area contributed by atoms with E-state index in [9.17, 15) is 14.4 Å². The van der Waals surface area contributed by atoms with Crippen LogP contribution in [0.3, 0.4) is 0 Å². The highest BCUT2D eigenvalue weighted by Crippen LogP contribution is 2.19. The van der Waals surface area contributed by atoms with E-state index < -0.39 is 6.03 Å². The van der Waals surface area contributed by atoms with Crippen LogP contribution in [-0.2, 0) is 9.59 Å². The Balaban J connectivity index is 2.43. The summed E-state index contributed by atoms with van der Waals surface area (Å²) in [5, 5.41) is 5.18. The fourth-order valence-corrected chi connectivity index (χ4v) is 2.29. The molecule has 1 heterocycles. The normalized spacial score (nSPS) is 15.6. The van der Waals surface area contributed by atoms with Gasteiger partial charge in [0.05, 0.1) is 6.54 Å². The highest BCUT2D eigenvalue weighted by molar-refractivity contribution is 6.04. The summed E-state index contributed by atoms with van der Waals surface area (Å²) < 4.78 is 0. The van der Waals surface area contributed by atoms with E-state index in [1.165, 1.54) is 0 Å². The number of hydrogen-bond acceptors (Lipinski definition) is 3. The van der Waals surface area contributed by atoms with Crippen molar-refractivity contribution in [1.29, 1.82) is 0 Å². The maximum Gasteiger partial charge on any atom is 0.325 e. The summed E-state index contributed by atoms with van der Waals surface area (Å²) in [6, 6.07) is -0.496. The van der Waals surface area contributed by atoms with Gasteiger partial charge in [0, 0.05) is 6.54 Å². The van der Waals surface area contributed by atoms with Crippen LogP contribution in [0.1, 0.15) is 27.7 Å². The molecule has 0 bridgehead atoms. The van der Waals surface area contributed by atoms with Crippen LogP contribution in [0.15, 0.2) is 0 Å². The van der Waals surface area contributed by atoms with E-state index in [0.29, 0.717) is 24.3 Å². The first-order valence-electron chi connectivity index (χ1n) is 6.67. The average Bonchev–Trinajstić information content (AvgIpc) is 2.60. The number of nitrogens with one attached hydrogen (secondary N) is 2. The van der Waals surface area contributed by atoms with E-state index >= 15 is 0 Å². The van der Waals surface area contributed by atoms with Crippen molar-refractivity contribution in [3.63, 3.8) is 0 Å². The summed E-state index contributed by atoms with van der Waals surface area (Å²) in [4.78, 5) is 35.3. The van der Waals surface area contributed by atoms with Crippen molar-refractivity contribution in [1.82, 2.24) is 15.5 Å². The molecule has 1 aliphatic rings. The number of hydrogen-bond donors (Lipinski definition) is 2. The van der Waals surface area contributed by atoms with Gasteiger partial charge in [0.25, 0.3) is 5.91 Å². The largest absolute Gasteiger partial charge is 0.354 e. The van der Waals surface area contributed by atoms with Crippen LogP contribution in [0.2, 0.25) is 0 Å². The van der Waals surface area contributed by atoms with Gasteiger partial charge in [0.1, 0.15) is 6.54 Å². The molecule has 0 aromatic carbocycles. The second kappa shape index (κ2) is 6.54. The Morgan fingerprint density at radius 1 is 1.26 bits per heavy atom. The van der Waals surface area contributed by atoms with Crippen molar-refractivity contribution in [3.8, 4) is 0 Å². The van der Waals surface area contributed by atoms with Gasteiger partial charge in [0.15, 0.2) is 0 Å². The lowest BCUT2D eigenvalue weighted by Gasteiger charge is -2.25. The van der Waals surface area contributed by atoms with Crippen molar-refractivity contribution in [3.05, 3.63) is 0 Å². The first-order chi connectivity index (χ1) is 8.82. The maximum atomic E-state index is 11.8. The smallest absolute Gasteiger partial charge is 0.325 e. The van der Waals surface area contributed by atoms with Crippen LogP contribution in [0.5, 0.6) is 0 Å². The minimum atomic E-state index is -0.496. The van der Waals surface area contributed by atoms with Gasteiger partial charge in [0.2, 0.25) is 5.91 Å². The summed E-state index contributed by atoms with van der Waals surface area (Å²) in [5.41, 5.74) is 0. The first-order valence-corrected chi connectivity index (χ1v) is 6.67. The first kappa shape index (κ1) is 15.5. The zero-order chi connectivity index (χ0) is 14.6. The molecule has 19 heavy (non-hydrogen) atoms. The lowest BCUT2D eigenvalue weighted by atomic mass is 9.85. The molecular formula is C13H23N3O3. The van der Waals surface area contributed by atoms with E-state index in [1.54, 1.807) is 0 Å². The van der Waals surface area contributed by atoms with E-state index in [-0.39, 0.29) is 24.9 Å². The molecule has 1 rings (SSSR count). The van der Waals surface area contributed by atoms with Gasteiger partial charge in [-0.1, -0.05) is 27.7 Å². The molecule has 0 saturated carbocycles. The quantitative estimate of drug-likeness (QED) is 0.692. The van der Waals surface area contributed by atoms with E-state index in [0.717, 1.165) is 4.90 Å². The number of urea groups is 1. The van der Waals surface area contributed by atoms with Gasteiger partial charge >= 0.3 is 6.03 Å². The molecule has 0 aliphatic carbocycles. The molecule has 1 fully saturated rings. The van der Waals surface area contributed by atoms with E-state index in [4.69, 9.17) is 0 Å². The SMILES string of the molecule is CC(C)C(CNC(=O)CN1C(=O)CNC1=O)C(C)C. The third-order valence-electron chi connectivity index (χ3n) is 3.49. The third kappa shape index (κ3) is 4.22. The highest BCUT2D eigenvalue weighted by Gasteiger charge is 2.30. The van der Waals surface area contributed by atoms with Crippen LogP contribution in [0.25, 0.3) is 0 Å². The predicted octanol–water partition coefficient (Wildman–Crippen LogP) is 0.583.